The molecule has 2 aromatic rings. The monoisotopic (exact) mass is 291 g/mol. The lowest BCUT2D eigenvalue weighted by Crippen LogP contribution is -2.35. The molecule has 0 atom stereocenters. The highest BCUT2D eigenvalue weighted by Crippen LogP contribution is 2.24. The van der Waals surface area contributed by atoms with E-state index in [2.05, 4.69) is 23.2 Å². The van der Waals surface area contributed by atoms with Crippen LogP contribution >= 0.6 is 34.8 Å². The van der Waals surface area contributed by atoms with Crippen LogP contribution in [0.5, 0.6) is 0 Å². The molecular weight excluding hydrogens is 284 g/mol. The number of nitrogens with one attached hydrogen (secondary N) is 1. The Kier molecular flexibility index (Phi) is 5.00. The first-order chi connectivity index (χ1) is 7.91. The molecule has 0 fully saturated rings. The maximum absolute atomic E-state index is 9.51. The van der Waals surface area contributed by atoms with Crippen molar-refractivity contribution in [3.8, 4) is 0 Å². The van der Waals surface area contributed by atoms with Crippen molar-refractivity contribution in [3.63, 3.8) is 0 Å². The van der Waals surface area contributed by atoms with Crippen LogP contribution in [0, 0.1) is 0 Å². The number of alkyl halides is 3. The SMILES string of the molecule is O=C([O-])C(Cl)(Cl)Cl.c1ccc2[nH+]cccc2c1. The van der Waals surface area contributed by atoms with Crippen molar-refractivity contribution in [2.45, 2.75) is 3.79 Å². The van der Waals surface area contributed by atoms with Gasteiger partial charge >= 0.3 is 0 Å². The number of benzene rings is 1. The van der Waals surface area contributed by atoms with Gasteiger partial charge in [-0.05, 0) is 12.1 Å². The van der Waals surface area contributed by atoms with Crippen molar-refractivity contribution in [2.24, 2.45) is 0 Å². The van der Waals surface area contributed by atoms with E-state index in [4.69, 9.17) is 34.8 Å². The maximum Gasteiger partial charge on any atom is 0.230 e. The summed E-state index contributed by atoms with van der Waals surface area (Å²) in [6.45, 7) is 0. The standard InChI is InChI=1S/C9H7N.C2HCl3O2/c1-2-6-9-8(4-1)5-3-7-10-9;3-2(4,5)1(6)7/h1-7H;(H,6,7). The molecule has 0 aliphatic carbocycles. The molecule has 6 heteroatoms. The molecule has 1 heterocycles. The number of hydrogen-bond acceptors (Lipinski definition) is 2. The normalized spacial score (nSPS) is 10.5. The van der Waals surface area contributed by atoms with E-state index < -0.39 is 9.76 Å². The Morgan fingerprint density at radius 3 is 2.18 bits per heavy atom. The van der Waals surface area contributed by atoms with Crippen LogP contribution in [-0.2, 0) is 4.79 Å². The molecule has 90 valence electrons. The first-order valence-corrected chi connectivity index (χ1v) is 5.68. The fourth-order valence-electron chi connectivity index (χ4n) is 1.06. The summed E-state index contributed by atoms with van der Waals surface area (Å²) in [5, 5.41) is 10.8. The van der Waals surface area contributed by atoms with Gasteiger partial charge in [0.15, 0.2) is 6.20 Å². The lowest BCUT2D eigenvalue weighted by molar-refractivity contribution is -0.344. The van der Waals surface area contributed by atoms with E-state index >= 15 is 0 Å². The van der Waals surface area contributed by atoms with Gasteiger partial charge in [-0.2, -0.15) is 0 Å². The Balaban J connectivity index is 0.000000185. The van der Waals surface area contributed by atoms with Gasteiger partial charge < -0.3 is 9.90 Å². The number of aromatic amines is 1. The molecule has 3 nitrogen and oxygen atoms in total. The van der Waals surface area contributed by atoms with Gasteiger partial charge in [-0.3, -0.25) is 0 Å². The van der Waals surface area contributed by atoms with E-state index in [9.17, 15) is 9.90 Å². The van der Waals surface area contributed by atoms with Crippen LogP contribution in [-0.4, -0.2) is 9.76 Å². The number of rotatable bonds is 0. The predicted octanol–water partition coefficient (Wildman–Crippen LogP) is 1.76. The van der Waals surface area contributed by atoms with Gasteiger partial charge in [-0.15, -0.1) is 0 Å². The van der Waals surface area contributed by atoms with Crippen molar-refractivity contribution in [2.75, 3.05) is 0 Å². The van der Waals surface area contributed by atoms with E-state index in [1.165, 1.54) is 10.9 Å². The second-order valence-electron chi connectivity index (χ2n) is 3.04. The van der Waals surface area contributed by atoms with Crippen LogP contribution in [0.4, 0.5) is 0 Å². The number of pyridine rings is 1. The number of carboxylic acids is 1. The zero-order valence-corrected chi connectivity index (χ0v) is 10.8. The first kappa shape index (κ1) is 14.0. The second kappa shape index (κ2) is 6.05. The molecule has 0 saturated heterocycles. The van der Waals surface area contributed by atoms with Gasteiger partial charge in [0.05, 0.1) is 5.97 Å². The van der Waals surface area contributed by atoms with E-state index in [-0.39, 0.29) is 0 Å². The smallest absolute Gasteiger partial charge is 0.230 e. The first-order valence-electron chi connectivity index (χ1n) is 4.55. The number of halogens is 3. The zero-order chi connectivity index (χ0) is 12.9. The fraction of sp³-hybridized carbons (Fsp3) is 0.0909. The van der Waals surface area contributed by atoms with Crippen molar-refractivity contribution < 1.29 is 14.9 Å². The average molecular weight is 293 g/mol. The predicted molar refractivity (Wildman–Crippen MR) is 65.8 cm³/mol. The number of carbonyl (C=O) groups is 1. The molecule has 0 aliphatic rings. The quantitative estimate of drug-likeness (QED) is 0.695. The third kappa shape index (κ3) is 4.77. The number of aromatic nitrogens is 1. The Morgan fingerprint density at radius 1 is 1.12 bits per heavy atom. The zero-order valence-electron chi connectivity index (χ0n) is 8.49. The van der Waals surface area contributed by atoms with Crippen molar-refractivity contribution in [1.29, 1.82) is 0 Å². The molecule has 17 heavy (non-hydrogen) atoms. The summed E-state index contributed by atoms with van der Waals surface area (Å²) in [4.78, 5) is 12.7. The Bertz CT molecular complexity index is 446. The maximum atomic E-state index is 9.51. The summed E-state index contributed by atoms with van der Waals surface area (Å²) in [6.07, 6.45) is 1.93. The molecule has 1 aromatic carbocycles. The van der Waals surface area contributed by atoms with E-state index in [1.807, 2.05) is 24.4 Å². The van der Waals surface area contributed by atoms with Crippen molar-refractivity contribution in [3.05, 3.63) is 42.6 Å². The summed E-state index contributed by atoms with van der Waals surface area (Å²) >= 11 is 14.2. The van der Waals surface area contributed by atoms with Gasteiger partial charge in [-0.1, -0.05) is 46.9 Å². The highest BCUT2D eigenvalue weighted by Gasteiger charge is 2.20. The van der Waals surface area contributed by atoms with Gasteiger partial charge in [-0.25, -0.2) is 4.98 Å². The highest BCUT2D eigenvalue weighted by atomic mass is 35.6. The van der Waals surface area contributed by atoms with E-state index in [1.54, 1.807) is 0 Å². The summed E-state index contributed by atoms with van der Waals surface area (Å²) in [6, 6.07) is 12.3. The van der Waals surface area contributed by atoms with Gasteiger partial charge in [0.1, 0.15) is 0 Å². The molecule has 1 N–H and O–H groups in total. The minimum atomic E-state index is -2.28. The second-order valence-corrected chi connectivity index (χ2v) is 5.32. The Labute approximate surface area is 113 Å². The number of carbonyl (C=O) groups excluding carboxylic acids is 1. The molecular formula is C11H8Cl3NO2. The molecule has 1 aromatic heterocycles. The molecule has 0 unspecified atom stereocenters. The third-order valence-corrected chi connectivity index (χ3v) is 2.27. The largest absolute Gasteiger partial charge is 0.545 e. The molecule has 0 bridgehead atoms. The molecule has 0 radical (unpaired) electrons. The summed E-state index contributed by atoms with van der Waals surface area (Å²) in [5.41, 5.74) is 1.19. The minimum Gasteiger partial charge on any atom is -0.545 e. The Hall–Kier alpha value is -1.03. The van der Waals surface area contributed by atoms with Gasteiger partial charge in [0, 0.05) is 17.5 Å². The van der Waals surface area contributed by atoms with Crippen LogP contribution in [0.15, 0.2) is 42.6 Å². The van der Waals surface area contributed by atoms with Crippen LogP contribution < -0.4 is 10.1 Å². The van der Waals surface area contributed by atoms with Crippen LogP contribution in [0.25, 0.3) is 10.9 Å². The average Bonchev–Trinajstić information content (AvgIpc) is 2.29. The van der Waals surface area contributed by atoms with Crippen LogP contribution in [0.1, 0.15) is 0 Å². The van der Waals surface area contributed by atoms with Gasteiger partial charge in [0.2, 0.25) is 9.31 Å². The minimum absolute atomic E-state index is 1.19. The summed E-state index contributed by atoms with van der Waals surface area (Å²) in [7, 11) is 0. The van der Waals surface area contributed by atoms with Crippen molar-refractivity contribution in [1.82, 2.24) is 0 Å². The highest BCUT2D eigenvalue weighted by molar-refractivity contribution is 6.75. The number of H-pyrrole nitrogens is 1. The molecule has 0 saturated carbocycles. The molecule has 0 amide bonds. The summed E-state index contributed by atoms with van der Waals surface area (Å²) in [5.74, 6) is -1.71. The van der Waals surface area contributed by atoms with Gasteiger partial charge in [0.25, 0.3) is 0 Å². The number of aliphatic carboxylic acids is 1. The van der Waals surface area contributed by atoms with Crippen LogP contribution in [0.2, 0.25) is 0 Å². The van der Waals surface area contributed by atoms with Crippen molar-refractivity contribution >= 4 is 51.7 Å². The topological polar surface area (TPSA) is 54.3 Å². The third-order valence-electron chi connectivity index (χ3n) is 1.80. The number of para-hydroxylation sites is 1. The Morgan fingerprint density at radius 2 is 1.65 bits per heavy atom. The van der Waals surface area contributed by atoms with Crippen LogP contribution in [0.3, 0.4) is 0 Å². The number of fused-ring (bicyclic) bond motifs is 1. The molecule has 2 rings (SSSR count). The number of carboxylic acid groups (broad SMARTS) is 1. The van der Waals surface area contributed by atoms with E-state index in [0.717, 1.165) is 0 Å². The summed E-state index contributed by atoms with van der Waals surface area (Å²) < 4.78 is -2.28. The molecule has 0 spiro atoms. The lowest BCUT2D eigenvalue weighted by atomic mass is 10.2. The fourth-order valence-corrected chi connectivity index (χ4v) is 1.06. The lowest BCUT2D eigenvalue weighted by Gasteiger charge is -2.09. The number of hydrogen-bond donors (Lipinski definition) is 0. The van der Waals surface area contributed by atoms with E-state index in [0.29, 0.717) is 0 Å². The molecule has 0 aliphatic heterocycles.